The Morgan fingerprint density at radius 1 is 1.10 bits per heavy atom. The minimum Gasteiger partial charge on any atom is -0.490 e. The second kappa shape index (κ2) is 6.23. The minimum absolute atomic E-state index is 0.151. The molecule has 0 spiro atoms. The van der Waals surface area contributed by atoms with Crippen LogP contribution >= 0.6 is 0 Å². The summed E-state index contributed by atoms with van der Waals surface area (Å²) in [5.74, 6) is 0.586. The summed E-state index contributed by atoms with van der Waals surface area (Å²) >= 11 is 0. The quantitative estimate of drug-likeness (QED) is 0.787. The summed E-state index contributed by atoms with van der Waals surface area (Å²) in [4.78, 5) is 11.7. The molecule has 0 N–H and O–H groups in total. The van der Waals surface area contributed by atoms with Crippen LogP contribution in [0.2, 0.25) is 0 Å². The Morgan fingerprint density at radius 3 is 2.45 bits per heavy atom. The molecule has 0 saturated heterocycles. The van der Waals surface area contributed by atoms with Crippen molar-refractivity contribution in [1.29, 1.82) is 0 Å². The Bertz CT molecular complexity index is 635. The lowest BCUT2D eigenvalue weighted by atomic mass is 10.3. The Kier molecular flexibility index (Phi) is 4.40. The zero-order valence-electron chi connectivity index (χ0n) is 11.4. The third-order valence-electron chi connectivity index (χ3n) is 2.94. The van der Waals surface area contributed by atoms with Crippen molar-refractivity contribution >= 4 is 0 Å². The van der Waals surface area contributed by atoms with Crippen LogP contribution in [-0.2, 0) is 7.05 Å². The van der Waals surface area contributed by atoms with Crippen LogP contribution in [0.5, 0.6) is 11.5 Å². The standard InChI is InChI=1S/C15H16FNO3/c1-11-15(14(18)7-8-17(11)2)20-10-9-19-13-5-3-12(16)4-6-13/h3-8H,9-10H2,1-2H3. The average Bonchev–Trinajstić information content (AvgIpc) is 2.44. The lowest BCUT2D eigenvalue weighted by molar-refractivity contribution is 0.214. The highest BCUT2D eigenvalue weighted by molar-refractivity contribution is 5.27. The van der Waals surface area contributed by atoms with Crippen LogP contribution in [0.3, 0.4) is 0 Å². The molecular weight excluding hydrogens is 261 g/mol. The molecule has 20 heavy (non-hydrogen) atoms. The Hall–Kier alpha value is -2.30. The molecular formula is C15H16FNO3. The van der Waals surface area contributed by atoms with Crippen molar-refractivity contribution in [3.63, 3.8) is 0 Å². The molecule has 0 saturated carbocycles. The Morgan fingerprint density at radius 2 is 1.75 bits per heavy atom. The van der Waals surface area contributed by atoms with E-state index in [0.717, 1.165) is 5.69 Å². The van der Waals surface area contributed by atoms with Gasteiger partial charge in [0.2, 0.25) is 5.43 Å². The van der Waals surface area contributed by atoms with Gasteiger partial charge >= 0.3 is 0 Å². The van der Waals surface area contributed by atoms with Gasteiger partial charge in [-0.25, -0.2) is 4.39 Å². The SMILES string of the molecule is Cc1c(OCCOc2ccc(F)cc2)c(=O)ccn1C. The number of aryl methyl sites for hydroxylation is 1. The molecule has 106 valence electrons. The van der Waals surface area contributed by atoms with E-state index in [1.54, 1.807) is 18.3 Å². The normalized spacial score (nSPS) is 10.3. The summed E-state index contributed by atoms with van der Waals surface area (Å²) in [6.07, 6.45) is 1.69. The van der Waals surface area contributed by atoms with Gasteiger partial charge in [-0.3, -0.25) is 4.79 Å². The Balaban J connectivity index is 1.89. The smallest absolute Gasteiger partial charge is 0.223 e. The fourth-order valence-corrected chi connectivity index (χ4v) is 1.72. The molecule has 0 bridgehead atoms. The van der Waals surface area contributed by atoms with Gasteiger partial charge < -0.3 is 14.0 Å². The van der Waals surface area contributed by atoms with E-state index < -0.39 is 0 Å². The van der Waals surface area contributed by atoms with Crippen molar-refractivity contribution < 1.29 is 13.9 Å². The topological polar surface area (TPSA) is 40.5 Å². The molecule has 2 rings (SSSR count). The molecule has 1 heterocycles. The van der Waals surface area contributed by atoms with Gasteiger partial charge in [0.05, 0.1) is 5.69 Å². The molecule has 0 fully saturated rings. The van der Waals surface area contributed by atoms with Crippen LogP contribution in [0, 0.1) is 12.7 Å². The number of pyridine rings is 1. The number of benzene rings is 1. The predicted molar refractivity (Wildman–Crippen MR) is 73.8 cm³/mol. The van der Waals surface area contributed by atoms with Gasteiger partial charge in [-0.15, -0.1) is 0 Å². The van der Waals surface area contributed by atoms with E-state index in [2.05, 4.69) is 0 Å². The van der Waals surface area contributed by atoms with E-state index in [1.807, 2.05) is 18.5 Å². The second-order valence-corrected chi connectivity index (χ2v) is 4.36. The highest BCUT2D eigenvalue weighted by atomic mass is 19.1. The molecule has 5 heteroatoms. The van der Waals surface area contributed by atoms with Crippen LogP contribution in [0.25, 0.3) is 0 Å². The Labute approximate surface area is 116 Å². The van der Waals surface area contributed by atoms with Crippen molar-refractivity contribution in [3.05, 3.63) is 58.3 Å². The van der Waals surface area contributed by atoms with Crippen molar-refractivity contribution in [2.75, 3.05) is 13.2 Å². The molecule has 2 aromatic rings. The highest BCUT2D eigenvalue weighted by Crippen LogP contribution is 2.12. The highest BCUT2D eigenvalue weighted by Gasteiger charge is 2.06. The first kappa shape index (κ1) is 14.1. The summed E-state index contributed by atoms with van der Waals surface area (Å²) in [5, 5.41) is 0. The largest absolute Gasteiger partial charge is 0.490 e. The number of hydrogen-bond acceptors (Lipinski definition) is 3. The van der Waals surface area contributed by atoms with Crippen molar-refractivity contribution in [2.24, 2.45) is 7.05 Å². The molecule has 0 atom stereocenters. The molecule has 0 amide bonds. The summed E-state index contributed by atoms with van der Waals surface area (Å²) in [7, 11) is 1.84. The van der Waals surface area contributed by atoms with E-state index in [9.17, 15) is 9.18 Å². The minimum atomic E-state index is -0.308. The van der Waals surface area contributed by atoms with Gasteiger partial charge in [0.1, 0.15) is 24.8 Å². The third-order valence-corrected chi connectivity index (χ3v) is 2.94. The number of rotatable bonds is 5. The number of hydrogen-bond donors (Lipinski definition) is 0. The molecule has 4 nitrogen and oxygen atoms in total. The van der Waals surface area contributed by atoms with Crippen LogP contribution in [0.15, 0.2) is 41.3 Å². The molecule has 1 aromatic heterocycles. The van der Waals surface area contributed by atoms with E-state index in [1.165, 1.54) is 18.2 Å². The molecule has 0 aliphatic rings. The lowest BCUT2D eigenvalue weighted by Crippen LogP contribution is -2.17. The van der Waals surface area contributed by atoms with E-state index in [-0.39, 0.29) is 24.5 Å². The summed E-state index contributed by atoms with van der Waals surface area (Å²) < 4.78 is 25.4. The number of aromatic nitrogens is 1. The predicted octanol–water partition coefficient (Wildman–Crippen LogP) is 2.29. The maximum Gasteiger partial charge on any atom is 0.223 e. The second-order valence-electron chi connectivity index (χ2n) is 4.36. The van der Waals surface area contributed by atoms with Crippen LogP contribution in [0.1, 0.15) is 5.69 Å². The number of nitrogens with zero attached hydrogens (tertiary/aromatic N) is 1. The van der Waals surface area contributed by atoms with Crippen molar-refractivity contribution in [1.82, 2.24) is 4.57 Å². The zero-order chi connectivity index (χ0) is 14.5. The van der Waals surface area contributed by atoms with Gasteiger partial charge in [-0.2, -0.15) is 0 Å². The number of ether oxygens (including phenoxy) is 2. The summed E-state index contributed by atoms with van der Waals surface area (Å²) in [5.41, 5.74) is 0.613. The van der Waals surface area contributed by atoms with Crippen molar-refractivity contribution in [3.8, 4) is 11.5 Å². The first-order valence-electron chi connectivity index (χ1n) is 6.25. The molecule has 1 aromatic carbocycles. The average molecular weight is 277 g/mol. The van der Waals surface area contributed by atoms with E-state index >= 15 is 0 Å². The maximum atomic E-state index is 12.7. The zero-order valence-corrected chi connectivity index (χ0v) is 11.4. The van der Waals surface area contributed by atoms with Crippen molar-refractivity contribution in [2.45, 2.75) is 6.92 Å². The van der Waals surface area contributed by atoms with Gasteiger partial charge in [0, 0.05) is 19.3 Å². The van der Waals surface area contributed by atoms with Gasteiger partial charge in [0.15, 0.2) is 5.75 Å². The van der Waals surface area contributed by atoms with Crippen LogP contribution < -0.4 is 14.9 Å². The maximum absolute atomic E-state index is 12.7. The van der Waals surface area contributed by atoms with Gasteiger partial charge in [0.25, 0.3) is 0 Å². The molecule has 0 radical (unpaired) electrons. The summed E-state index contributed by atoms with van der Waals surface area (Å²) in [6, 6.07) is 7.20. The third kappa shape index (κ3) is 3.38. The van der Waals surface area contributed by atoms with Crippen LogP contribution in [-0.4, -0.2) is 17.8 Å². The molecule has 0 aliphatic heterocycles. The molecule has 0 unspecified atom stereocenters. The van der Waals surface area contributed by atoms with E-state index in [0.29, 0.717) is 11.5 Å². The first-order valence-corrected chi connectivity index (χ1v) is 6.25. The molecule has 0 aliphatic carbocycles. The van der Waals surface area contributed by atoms with E-state index in [4.69, 9.17) is 9.47 Å². The summed E-state index contributed by atoms with van der Waals surface area (Å²) in [6.45, 7) is 2.35. The van der Waals surface area contributed by atoms with Crippen LogP contribution in [0.4, 0.5) is 4.39 Å². The number of halogens is 1. The van der Waals surface area contributed by atoms with Gasteiger partial charge in [-0.1, -0.05) is 0 Å². The lowest BCUT2D eigenvalue weighted by Gasteiger charge is -2.12. The fraction of sp³-hybridized carbons (Fsp3) is 0.267. The monoisotopic (exact) mass is 277 g/mol. The fourth-order valence-electron chi connectivity index (χ4n) is 1.72. The first-order chi connectivity index (χ1) is 9.58. The van der Waals surface area contributed by atoms with Gasteiger partial charge in [-0.05, 0) is 31.2 Å².